The van der Waals surface area contributed by atoms with E-state index >= 15 is 0 Å². The summed E-state index contributed by atoms with van der Waals surface area (Å²) in [6, 6.07) is 17.6. The van der Waals surface area contributed by atoms with Crippen LogP contribution in [0.5, 0.6) is 5.75 Å². The van der Waals surface area contributed by atoms with Crippen LogP contribution in [0.1, 0.15) is 30.1 Å². The third-order valence-electron chi connectivity index (χ3n) is 5.08. The van der Waals surface area contributed by atoms with Gasteiger partial charge in [-0.2, -0.15) is 0 Å². The van der Waals surface area contributed by atoms with Crippen molar-refractivity contribution in [2.75, 3.05) is 20.2 Å². The van der Waals surface area contributed by atoms with Crippen LogP contribution < -0.4 is 4.74 Å². The Bertz CT molecular complexity index is 954. The second-order valence-corrected chi connectivity index (χ2v) is 8.02. The highest BCUT2D eigenvalue weighted by atomic mass is 32.2. The van der Waals surface area contributed by atoms with Gasteiger partial charge in [-0.3, -0.25) is 9.36 Å². The van der Waals surface area contributed by atoms with E-state index in [2.05, 4.69) is 10.2 Å². The number of carbonyl (C=O) groups excluding carboxylic acids is 1. The number of nitrogens with zero attached hydrogens (tertiary/aromatic N) is 4. The highest BCUT2D eigenvalue weighted by Gasteiger charge is 2.29. The van der Waals surface area contributed by atoms with Crippen molar-refractivity contribution in [3.63, 3.8) is 0 Å². The Balaban J connectivity index is 1.67. The number of likely N-dealkylation sites (tertiary alicyclic amines) is 1. The largest absolute Gasteiger partial charge is 0.495 e. The summed E-state index contributed by atoms with van der Waals surface area (Å²) >= 11 is 1.43. The fourth-order valence-corrected chi connectivity index (χ4v) is 4.68. The summed E-state index contributed by atoms with van der Waals surface area (Å²) < 4.78 is 7.37. The summed E-state index contributed by atoms with van der Waals surface area (Å²) in [5.41, 5.74) is 1.82. The van der Waals surface area contributed by atoms with Crippen molar-refractivity contribution in [3.8, 4) is 11.4 Å². The molecule has 2 aromatic carbocycles. The number of piperidine rings is 1. The van der Waals surface area contributed by atoms with Crippen LogP contribution in [0.3, 0.4) is 0 Å². The SMILES string of the molecule is COc1ccccc1-n1cnnc1SC(C(=O)N1CCCCC1)c1ccccc1. The summed E-state index contributed by atoms with van der Waals surface area (Å²) in [5, 5.41) is 8.71. The Hall–Kier alpha value is -2.80. The van der Waals surface area contributed by atoms with Crippen LogP contribution in [-0.2, 0) is 4.79 Å². The van der Waals surface area contributed by atoms with Gasteiger partial charge < -0.3 is 9.64 Å². The molecule has 2 heterocycles. The number of carbonyl (C=O) groups is 1. The fraction of sp³-hybridized carbons (Fsp3) is 0.318. The van der Waals surface area contributed by atoms with Crippen LogP contribution >= 0.6 is 11.8 Å². The van der Waals surface area contributed by atoms with E-state index in [0.29, 0.717) is 5.16 Å². The first-order valence-corrected chi connectivity index (χ1v) is 10.7. The van der Waals surface area contributed by atoms with Gasteiger partial charge in [0.25, 0.3) is 0 Å². The topological polar surface area (TPSA) is 60.2 Å². The van der Waals surface area contributed by atoms with Crippen molar-refractivity contribution in [2.24, 2.45) is 0 Å². The average molecular weight is 409 g/mol. The maximum atomic E-state index is 13.4. The number of ether oxygens (including phenoxy) is 1. The van der Waals surface area contributed by atoms with Gasteiger partial charge in [0.15, 0.2) is 5.16 Å². The Morgan fingerprint density at radius 1 is 1.03 bits per heavy atom. The highest BCUT2D eigenvalue weighted by Crippen LogP contribution is 2.38. The highest BCUT2D eigenvalue weighted by molar-refractivity contribution is 8.00. The molecule has 1 atom stereocenters. The normalized spacial score (nSPS) is 15.1. The Labute approximate surface area is 174 Å². The lowest BCUT2D eigenvalue weighted by Gasteiger charge is -2.30. The molecule has 4 rings (SSSR count). The van der Waals surface area contributed by atoms with Crippen LogP contribution in [0.25, 0.3) is 5.69 Å². The maximum absolute atomic E-state index is 13.4. The molecule has 3 aromatic rings. The number of hydrogen-bond donors (Lipinski definition) is 0. The molecule has 0 bridgehead atoms. The molecule has 1 aliphatic rings. The molecule has 0 radical (unpaired) electrons. The van der Waals surface area contributed by atoms with E-state index in [-0.39, 0.29) is 11.2 Å². The molecule has 1 fully saturated rings. The molecular formula is C22H24N4O2S. The third-order valence-corrected chi connectivity index (χ3v) is 6.28. The minimum absolute atomic E-state index is 0.135. The first-order chi connectivity index (χ1) is 14.3. The van der Waals surface area contributed by atoms with Crippen molar-refractivity contribution < 1.29 is 9.53 Å². The molecule has 1 amide bonds. The second kappa shape index (κ2) is 9.13. The number of amides is 1. The average Bonchev–Trinajstić information content (AvgIpc) is 3.26. The first kappa shape index (κ1) is 19.5. The molecule has 150 valence electrons. The Morgan fingerprint density at radius 2 is 1.76 bits per heavy atom. The van der Waals surface area contributed by atoms with Gasteiger partial charge in [0.05, 0.1) is 12.8 Å². The predicted octanol–water partition coefficient (Wildman–Crippen LogP) is 4.12. The maximum Gasteiger partial charge on any atom is 0.240 e. The number of para-hydroxylation sites is 2. The third kappa shape index (κ3) is 4.29. The molecular weight excluding hydrogens is 384 g/mol. The van der Waals surface area contributed by atoms with Crippen LogP contribution in [0, 0.1) is 0 Å². The zero-order chi connectivity index (χ0) is 20.1. The molecule has 7 heteroatoms. The first-order valence-electron chi connectivity index (χ1n) is 9.81. The summed E-state index contributed by atoms with van der Waals surface area (Å²) in [5.74, 6) is 0.864. The second-order valence-electron chi connectivity index (χ2n) is 6.95. The molecule has 1 aromatic heterocycles. The molecule has 6 nitrogen and oxygen atoms in total. The van der Waals surface area contributed by atoms with Gasteiger partial charge in [-0.05, 0) is 37.0 Å². The van der Waals surface area contributed by atoms with E-state index in [1.807, 2.05) is 64.1 Å². The Kier molecular flexibility index (Phi) is 6.14. The summed E-state index contributed by atoms with van der Waals surface area (Å²) in [4.78, 5) is 15.4. The minimum atomic E-state index is -0.369. The van der Waals surface area contributed by atoms with Crippen LogP contribution in [0.4, 0.5) is 0 Å². The van der Waals surface area contributed by atoms with Crippen LogP contribution in [0.2, 0.25) is 0 Å². The molecule has 0 spiro atoms. The van der Waals surface area contributed by atoms with Crippen LogP contribution in [0.15, 0.2) is 66.1 Å². The van der Waals surface area contributed by atoms with Gasteiger partial charge in [0.1, 0.15) is 17.3 Å². The predicted molar refractivity (Wildman–Crippen MR) is 113 cm³/mol. The van der Waals surface area contributed by atoms with Gasteiger partial charge in [-0.1, -0.05) is 54.2 Å². The Morgan fingerprint density at radius 3 is 2.52 bits per heavy atom. The lowest BCUT2D eigenvalue weighted by atomic mass is 10.1. The monoisotopic (exact) mass is 408 g/mol. The van der Waals surface area contributed by atoms with Gasteiger partial charge >= 0.3 is 0 Å². The number of aromatic nitrogens is 3. The molecule has 1 saturated heterocycles. The smallest absolute Gasteiger partial charge is 0.240 e. The van der Waals surface area contributed by atoms with Gasteiger partial charge in [-0.15, -0.1) is 10.2 Å². The van der Waals surface area contributed by atoms with E-state index < -0.39 is 0 Å². The van der Waals surface area contributed by atoms with Crippen molar-refractivity contribution in [1.29, 1.82) is 0 Å². The lowest BCUT2D eigenvalue weighted by Crippen LogP contribution is -2.38. The van der Waals surface area contributed by atoms with E-state index in [4.69, 9.17) is 4.74 Å². The summed E-state index contributed by atoms with van der Waals surface area (Å²) in [6.07, 6.45) is 4.98. The van der Waals surface area contributed by atoms with Crippen molar-refractivity contribution >= 4 is 17.7 Å². The quantitative estimate of drug-likeness (QED) is 0.574. The van der Waals surface area contributed by atoms with E-state index in [0.717, 1.165) is 42.9 Å². The molecule has 0 N–H and O–H groups in total. The molecule has 1 aliphatic heterocycles. The number of rotatable bonds is 6. The zero-order valence-corrected chi connectivity index (χ0v) is 17.2. The zero-order valence-electron chi connectivity index (χ0n) is 16.4. The molecule has 0 aliphatic carbocycles. The van der Waals surface area contributed by atoms with Crippen molar-refractivity contribution in [1.82, 2.24) is 19.7 Å². The van der Waals surface area contributed by atoms with Crippen molar-refractivity contribution in [2.45, 2.75) is 29.7 Å². The molecule has 1 unspecified atom stereocenters. The van der Waals surface area contributed by atoms with Crippen LogP contribution in [-0.4, -0.2) is 45.8 Å². The van der Waals surface area contributed by atoms with Gasteiger partial charge in [-0.25, -0.2) is 0 Å². The van der Waals surface area contributed by atoms with E-state index in [1.54, 1.807) is 13.4 Å². The molecule has 29 heavy (non-hydrogen) atoms. The number of thioether (sulfide) groups is 1. The van der Waals surface area contributed by atoms with Crippen molar-refractivity contribution in [3.05, 3.63) is 66.5 Å². The lowest BCUT2D eigenvalue weighted by molar-refractivity contribution is -0.131. The number of benzene rings is 2. The number of methoxy groups -OCH3 is 1. The number of hydrogen-bond acceptors (Lipinski definition) is 5. The standard InChI is InChI=1S/C22H24N4O2S/c1-28-19-13-7-6-12-18(19)26-16-23-24-22(26)29-20(17-10-4-2-5-11-17)21(27)25-14-8-3-9-15-25/h2,4-7,10-13,16,20H,3,8-9,14-15H2,1H3. The van der Waals surface area contributed by atoms with Gasteiger partial charge in [0, 0.05) is 13.1 Å². The van der Waals surface area contributed by atoms with E-state index in [1.165, 1.54) is 18.2 Å². The summed E-state index contributed by atoms with van der Waals surface area (Å²) in [7, 11) is 1.64. The minimum Gasteiger partial charge on any atom is -0.495 e. The van der Waals surface area contributed by atoms with Gasteiger partial charge in [0.2, 0.25) is 5.91 Å². The molecule has 0 saturated carbocycles. The fourth-order valence-electron chi connectivity index (χ4n) is 3.57. The summed E-state index contributed by atoms with van der Waals surface area (Å²) in [6.45, 7) is 1.64. The van der Waals surface area contributed by atoms with E-state index in [9.17, 15) is 4.79 Å².